The highest BCUT2D eigenvalue weighted by Gasteiger charge is 2.37. The maximum atomic E-state index is 13.5. The molecule has 198 valence electrons. The maximum absolute atomic E-state index is 13.5. The number of likely N-dealkylation sites (tertiary alicyclic amines) is 1. The van der Waals surface area contributed by atoms with Crippen LogP contribution in [-0.4, -0.2) is 73.0 Å². The highest BCUT2D eigenvalue weighted by Crippen LogP contribution is 2.30. The van der Waals surface area contributed by atoms with E-state index in [4.69, 9.17) is 4.74 Å². The maximum Gasteiger partial charge on any atom is 0.416 e. The summed E-state index contributed by atoms with van der Waals surface area (Å²) in [6.45, 7) is 4.31. The summed E-state index contributed by atoms with van der Waals surface area (Å²) < 4.78 is 43.9. The molecule has 2 aromatic carbocycles. The quantitative estimate of drug-likeness (QED) is 0.659. The van der Waals surface area contributed by atoms with Gasteiger partial charge in [0.05, 0.1) is 18.8 Å². The molecule has 10 heteroatoms. The van der Waals surface area contributed by atoms with Crippen molar-refractivity contribution in [2.45, 2.75) is 32.0 Å². The van der Waals surface area contributed by atoms with Crippen LogP contribution in [0.4, 0.5) is 13.2 Å². The summed E-state index contributed by atoms with van der Waals surface area (Å²) in [6, 6.07) is 10.5. The molecule has 7 nitrogen and oxygen atoms in total. The number of rotatable bonds is 5. The Morgan fingerprint density at radius 2 is 1.57 bits per heavy atom. The Bertz CT molecular complexity index is 1120. The molecule has 4 rings (SSSR count). The van der Waals surface area contributed by atoms with Crippen molar-refractivity contribution in [3.8, 4) is 0 Å². The van der Waals surface area contributed by atoms with Gasteiger partial charge >= 0.3 is 6.18 Å². The summed E-state index contributed by atoms with van der Waals surface area (Å²) >= 11 is 0. The Morgan fingerprint density at radius 1 is 0.919 bits per heavy atom. The second-order valence-electron chi connectivity index (χ2n) is 9.46. The number of carbonyl (C=O) groups excluding carboxylic acids is 3. The van der Waals surface area contributed by atoms with Crippen molar-refractivity contribution >= 4 is 17.7 Å². The third kappa shape index (κ3) is 6.49. The van der Waals surface area contributed by atoms with Crippen molar-refractivity contribution in [2.24, 2.45) is 5.92 Å². The molecular formula is C27H30F3N3O4. The highest BCUT2D eigenvalue weighted by molar-refractivity contribution is 5.98. The fourth-order valence-electron chi connectivity index (χ4n) is 4.79. The number of alkyl halides is 3. The largest absolute Gasteiger partial charge is 0.416 e. The fraction of sp³-hybridized carbons (Fsp3) is 0.444. The Kier molecular flexibility index (Phi) is 8.16. The van der Waals surface area contributed by atoms with Gasteiger partial charge in [-0.15, -0.1) is 0 Å². The molecule has 0 spiro atoms. The molecule has 2 aliphatic heterocycles. The van der Waals surface area contributed by atoms with Crippen LogP contribution in [-0.2, 0) is 15.7 Å². The standard InChI is InChI=1S/C27H30F3N3O4/c1-18-3-2-4-21(17-18)24(34)31-23(26(36)33-13-15-37-16-14-33)19-9-11-32(12-10-19)25(35)20-5-7-22(8-6-20)27(28,29)30/h2-8,17,19,23H,9-16H2,1H3,(H,31,34)/t23-/m0/s1. The molecule has 0 radical (unpaired) electrons. The average molecular weight is 518 g/mol. The van der Waals surface area contributed by atoms with Crippen molar-refractivity contribution in [1.29, 1.82) is 0 Å². The lowest BCUT2D eigenvalue weighted by Crippen LogP contribution is -2.56. The zero-order valence-electron chi connectivity index (χ0n) is 20.6. The van der Waals surface area contributed by atoms with Gasteiger partial charge in [0, 0.05) is 37.3 Å². The van der Waals surface area contributed by atoms with Gasteiger partial charge in [0.1, 0.15) is 6.04 Å². The highest BCUT2D eigenvalue weighted by atomic mass is 19.4. The minimum absolute atomic E-state index is 0.170. The SMILES string of the molecule is Cc1cccc(C(=O)N[C@H](C(=O)N2CCOCC2)C2CCN(C(=O)c3ccc(C(F)(F)F)cc3)CC2)c1. The van der Waals surface area contributed by atoms with Gasteiger partial charge in [0.25, 0.3) is 11.8 Å². The summed E-state index contributed by atoms with van der Waals surface area (Å²) in [7, 11) is 0. The van der Waals surface area contributed by atoms with Crippen LogP contribution in [0.2, 0.25) is 0 Å². The molecule has 0 bridgehead atoms. The topological polar surface area (TPSA) is 79.0 Å². The van der Waals surface area contributed by atoms with Gasteiger partial charge in [-0.05, 0) is 62.1 Å². The van der Waals surface area contributed by atoms with E-state index in [0.29, 0.717) is 57.8 Å². The number of aryl methyl sites for hydroxylation is 1. The smallest absolute Gasteiger partial charge is 0.378 e. The first kappa shape index (κ1) is 26.7. The molecule has 2 aliphatic rings. The van der Waals surface area contributed by atoms with E-state index in [0.717, 1.165) is 17.7 Å². The van der Waals surface area contributed by atoms with E-state index in [-0.39, 0.29) is 29.2 Å². The minimum Gasteiger partial charge on any atom is -0.378 e. The van der Waals surface area contributed by atoms with Gasteiger partial charge in [0.15, 0.2) is 0 Å². The van der Waals surface area contributed by atoms with Gasteiger partial charge in [-0.1, -0.05) is 17.7 Å². The summed E-state index contributed by atoms with van der Waals surface area (Å²) in [5.74, 6) is -1.05. The van der Waals surface area contributed by atoms with Crippen LogP contribution < -0.4 is 5.32 Å². The third-order valence-corrected chi connectivity index (χ3v) is 6.91. The predicted molar refractivity (Wildman–Crippen MR) is 130 cm³/mol. The zero-order valence-corrected chi connectivity index (χ0v) is 20.6. The fourth-order valence-corrected chi connectivity index (χ4v) is 4.79. The van der Waals surface area contributed by atoms with Crippen LogP contribution in [0, 0.1) is 12.8 Å². The van der Waals surface area contributed by atoms with Crippen molar-refractivity contribution in [2.75, 3.05) is 39.4 Å². The molecule has 0 saturated carbocycles. The lowest BCUT2D eigenvalue weighted by Gasteiger charge is -2.38. The van der Waals surface area contributed by atoms with Crippen molar-refractivity contribution in [3.63, 3.8) is 0 Å². The van der Waals surface area contributed by atoms with Gasteiger partial charge < -0.3 is 19.9 Å². The predicted octanol–water partition coefficient (Wildman–Crippen LogP) is 3.52. The monoisotopic (exact) mass is 517 g/mol. The Balaban J connectivity index is 1.45. The number of ether oxygens (including phenoxy) is 1. The number of hydrogen-bond acceptors (Lipinski definition) is 4. The molecule has 0 aliphatic carbocycles. The van der Waals surface area contributed by atoms with Crippen LogP contribution >= 0.6 is 0 Å². The second kappa shape index (κ2) is 11.3. The lowest BCUT2D eigenvalue weighted by molar-refractivity contribution is -0.139. The number of amides is 3. The summed E-state index contributed by atoms with van der Waals surface area (Å²) in [5, 5.41) is 2.94. The number of piperidine rings is 1. The number of morpholine rings is 1. The molecule has 2 aromatic rings. The summed E-state index contributed by atoms with van der Waals surface area (Å²) in [5.41, 5.74) is 0.769. The van der Waals surface area contributed by atoms with Gasteiger partial charge in [-0.2, -0.15) is 13.2 Å². The third-order valence-electron chi connectivity index (χ3n) is 6.91. The van der Waals surface area contributed by atoms with E-state index in [9.17, 15) is 27.6 Å². The number of hydrogen-bond donors (Lipinski definition) is 1. The summed E-state index contributed by atoms with van der Waals surface area (Å²) in [6.07, 6.45) is -3.52. The Labute approximate surface area is 213 Å². The van der Waals surface area contributed by atoms with Crippen LogP contribution in [0.25, 0.3) is 0 Å². The normalized spacial score (nSPS) is 17.8. The number of halogens is 3. The number of nitrogens with zero attached hydrogens (tertiary/aromatic N) is 2. The zero-order chi connectivity index (χ0) is 26.6. The molecule has 3 amide bonds. The number of nitrogens with one attached hydrogen (secondary N) is 1. The van der Waals surface area contributed by atoms with Crippen LogP contribution in [0.1, 0.15) is 44.7 Å². The first-order chi connectivity index (χ1) is 17.6. The minimum atomic E-state index is -4.47. The second-order valence-corrected chi connectivity index (χ2v) is 9.46. The van der Waals surface area contributed by atoms with E-state index < -0.39 is 17.8 Å². The van der Waals surface area contributed by atoms with Crippen LogP contribution in [0.5, 0.6) is 0 Å². The molecule has 37 heavy (non-hydrogen) atoms. The Morgan fingerprint density at radius 3 is 2.16 bits per heavy atom. The van der Waals surface area contributed by atoms with E-state index in [1.165, 1.54) is 12.1 Å². The first-order valence-corrected chi connectivity index (χ1v) is 12.3. The molecule has 0 aromatic heterocycles. The van der Waals surface area contributed by atoms with Crippen molar-refractivity contribution in [1.82, 2.24) is 15.1 Å². The van der Waals surface area contributed by atoms with Gasteiger partial charge in [0.2, 0.25) is 5.91 Å². The molecule has 0 unspecified atom stereocenters. The average Bonchev–Trinajstić information content (AvgIpc) is 2.91. The molecule has 1 N–H and O–H groups in total. The van der Waals surface area contributed by atoms with Crippen molar-refractivity contribution in [3.05, 3.63) is 70.8 Å². The van der Waals surface area contributed by atoms with Crippen molar-refractivity contribution < 1.29 is 32.3 Å². The van der Waals surface area contributed by atoms with Crippen LogP contribution in [0.15, 0.2) is 48.5 Å². The van der Waals surface area contributed by atoms with E-state index in [1.54, 1.807) is 28.0 Å². The number of benzene rings is 2. The molecule has 2 heterocycles. The lowest BCUT2D eigenvalue weighted by atomic mass is 9.87. The van der Waals surface area contributed by atoms with Gasteiger partial charge in [-0.25, -0.2) is 0 Å². The molecule has 1 atom stereocenters. The summed E-state index contributed by atoms with van der Waals surface area (Å²) in [4.78, 5) is 42.7. The molecule has 2 fully saturated rings. The van der Waals surface area contributed by atoms with Gasteiger partial charge in [-0.3, -0.25) is 14.4 Å². The van der Waals surface area contributed by atoms with E-state index in [1.807, 2.05) is 13.0 Å². The van der Waals surface area contributed by atoms with Crippen LogP contribution in [0.3, 0.4) is 0 Å². The van der Waals surface area contributed by atoms with E-state index >= 15 is 0 Å². The number of carbonyl (C=O) groups is 3. The first-order valence-electron chi connectivity index (χ1n) is 12.3. The Hall–Kier alpha value is -3.40. The molecule has 2 saturated heterocycles. The van der Waals surface area contributed by atoms with E-state index in [2.05, 4.69) is 5.32 Å². The molecular weight excluding hydrogens is 487 g/mol.